The zero-order valence-corrected chi connectivity index (χ0v) is 15.2. The molecule has 3 aromatic rings. The SMILES string of the molecule is c1ccc(-c2nc(CSc3nnc(NCC4CCCO4)s3)co2)cc1. The molecule has 1 aromatic carbocycles. The molecule has 0 saturated carbocycles. The van der Waals surface area contributed by atoms with Crippen LogP contribution in [0, 0.1) is 0 Å². The van der Waals surface area contributed by atoms with Crippen LogP contribution in [0.15, 0.2) is 45.4 Å². The fourth-order valence-corrected chi connectivity index (χ4v) is 4.20. The third-order valence-electron chi connectivity index (χ3n) is 3.83. The first-order chi connectivity index (χ1) is 12.4. The molecular formula is C17H18N4O2S2. The van der Waals surface area contributed by atoms with E-state index in [0.717, 1.165) is 46.7 Å². The number of anilines is 1. The van der Waals surface area contributed by atoms with Crippen molar-refractivity contribution in [1.82, 2.24) is 15.2 Å². The van der Waals surface area contributed by atoms with Crippen LogP contribution in [0.5, 0.6) is 0 Å². The predicted molar refractivity (Wildman–Crippen MR) is 98.9 cm³/mol. The Morgan fingerprint density at radius 2 is 2.16 bits per heavy atom. The number of ether oxygens (including phenoxy) is 1. The van der Waals surface area contributed by atoms with Crippen molar-refractivity contribution in [2.75, 3.05) is 18.5 Å². The molecule has 8 heteroatoms. The van der Waals surface area contributed by atoms with E-state index in [1.54, 1.807) is 29.4 Å². The Bertz CT molecular complexity index is 800. The molecule has 0 bridgehead atoms. The Labute approximate surface area is 154 Å². The Hall–Kier alpha value is -1.90. The first kappa shape index (κ1) is 16.6. The Morgan fingerprint density at radius 3 is 3.00 bits per heavy atom. The van der Waals surface area contributed by atoms with Crippen molar-refractivity contribution < 1.29 is 9.15 Å². The number of thioether (sulfide) groups is 1. The van der Waals surface area contributed by atoms with Crippen LogP contribution in [0.4, 0.5) is 5.13 Å². The smallest absolute Gasteiger partial charge is 0.226 e. The molecule has 0 radical (unpaired) electrons. The minimum absolute atomic E-state index is 0.298. The molecule has 1 atom stereocenters. The molecule has 1 unspecified atom stereocenters. The number of oxazole rings is 1. The van der Waals surface area contributed by atoms with Gasteiger partial charge in [-0.1, -0.05) is 41.3 Å². The number of aromatic nitrogens is 3. The summed E-state index contributed by atoms with van der Waals surface area (Å²) in [5, 5.41) is 12.5. The first-order valence-electron chi connectivity index (χ1n) is 8.18. The Balaban J connectivity index is 1.29. The van der Waals surface area contributed by atoms with E-state index in [0.29, 0.717) is 17.7 Å². The lowest BCUT2D eigenvalue weighted by Crippen LogP contribution is -2.18. The number of nitrogens with one attached hydrogen (secondary N) is 1. The number of benzene rings is 1. The summed E-state index contributed by atoms with van der Waals surface area (Å²) >= 11 is 3.17. The number of rotatable bonds is 7. The lowest BCUT2D eigenvalue weighted by atomic mass is 10.2. The third kappa shape index (κ3) is 4.39. The normalized spacial score (nSPS) is 17.0. The molecule has 25 heavy (non-hydrogen) atoms. The summed E-state index contributed by atoms with van der Waals surface area (Å²) in [7, 11) is 0. The van der Waals surface area contributed by atoms with Gasteiger partial charge in [0.1, 0.15) is 6.26 Å². The van der Waals surface area contributed by atoms with E-state index in [2.05, 4.69) is 20.5 Å². The number of hydrogen-bond acceptors (Lipinski definition) is 8. The second kappa shape index (κ2) is 7.99. The van der Waals surface area contributed by atoms with Crippen LogP contribution < -0.4 is 5.32 Å². The second-order valence-electron chi connectivity index (χ2n) is 5.69. The highest BCUT2D eigenvalue weighted by Crippen LogP contribution is 2.29. The van der Waals surface area contributed by atoms with Gasteiger partial charge in [0.05, 0.1) is 11.8 Å². The van der Waals surface area contributed by atoms with E-state index in [9.17, 15) is 0 Å². The molecule has 1 N–H and O–H groups in total. The maximum Gasteiger partial charge on any atom is 0.226 e. The van der Waals surface area contributed by atoms with Crippen molar-refractivity contribution in [3.8, 4) is 11.5 Å². The first-order valence-corrected chi connectivity index (χ1v) is 9.98. The van der Waals surface area contributed by atoms with Crippen molar-refractivity contribution in [3.63, 3.8) is 0 Å². The summed E-state index contributed by atoms with van der Waals surface area (Å²) in [4.78, 5) is 4.53. The summed E-state index contributed by atoms with van der Waals surface area (Å²) in [5.41, 5.74) is 1.88. The summed E-state index contributed by atoms with van der Waals surface area (Å²) in [5.74, 6) is 1.35. The minimum Gasteiger partial charge on any atom is -0.444 e. The molecule has 1 aliphatic rings. The standard InChI is InChI=1S/C17H18N4O2S2/c1-2-5-12(6-3-1)15-19-13(10-23-15)11-24-17-21-20-16(25-17)18-9-14-7-4-8-22-14/h1-3,5-6,10,14H,4,7-9,11H2,(H,18,20). The van der Waals surface area contributed by atoms with Gasteiger partial charge in [-0.15, -0.1) is 10.2 Å². The van der Waals surface area contributed by atoms with E-state index in [4.69, 9.17) is 9.15 Å². The average Bonchev–Trinajstić information content (AvgIpc) is 3.40. The van der Waals surface area contributed by atoms with Crippen LogP contribution in [-0.2, 0) is 10.5 Å². The van der Waals surface area contributed by atoms with E-state index in [1.165, 1.54) is 0 Å². The quantitative estimate of drug-likeness (QED) is 0.625. The zero-order valence-electron chi connectivity index (χ0n) is 13.6. The van der Waals surface area contributed by atoms with Crippen LogP contribution in [0.2, 0.25) is 0 Å². The van der Waals surface area contributed by atoms with Crippen LogP contribution in [-0.4, -0.2) is 34.4 Å². The van der Waals surface area contributed by atoms with Gasteiger partial charge in [0.25, 0.3) is 0 Å². The topological polar surface area (TPSA) is 73.1 Å². The van der Waals surface area contributed by atoms with Gasteiger partial charge in [-0.05, 0) is 25.0 Å². The van der Waals surface area contributed by atoms with Gasteiger partial charge in [0.15, 0.2) is 4.34 Å². The summed E-state index contributed by atoms with van der Waals surface area (Å²) in [6.07, 6.45) is 4.26. The van der Waals surface area contributed by atoms with Crippen molar-refractivity contribution in [1.29, 1.82) is 0 Å². The Kier molecular flexibility index (Phi) is 5.29. The van der Waals surface area contributed by atoms with Gasteiger partial charge in [-0.3, -0.25) is 0 Å². The Morgan fingerprint density at radius 1 is 1.24 bits per heavy atom. The maximum atomic E-state index is 5.60. The van der Waals surface area contributed by atoms with E-state index >= 15 is 0 Å². The molecular weight excluding hydrogens is 356 g/mol. The fourth-order valence-electron chi connectivity index (χ4n) is 2.57. The molecule has 130 valence electrons. The van der Waals surface area contributed by atoms with Crippen molar-refractivity contribution in [2.45, 2.75) is 29.0 Å². The van der Waals surface area contributed by atoms with Crippen LogP contribution in [0.25, 0.3) is 11.5 Å². The molecule has 0 amide bonds. The van der Waals surface area contributed by atoms with E-state index < -0.39 is 0 Å². The van der Waals surface area contributed by atoms with Crippen LogP contribution in [0.1, 0.15) is 18.5 Å². The van der Waals surface area contributed by atoms with Crippen molar-refractivity contribution in [2.24, 2.45) is 0 Å². The van der Waals surface area contributed by atoms with Gasteiger partial charge in [-0.2, -0.15) is 0 Å². The van der Waals surface area contributed by atoms with Gasteiger partial charge >= 0.3 is 0 Å². The lowest BCUT2D eigenvalue weighted by molar-refractivity contribution is 0.120. The summed E-state index contributed by atoms with van der Waals surface area (Å²) in [6, 6.07) is 9.89. The van der Waals surface area contributed by atoms with Gasteiger partial charge in [0.2, 0.25) is 11.0 Å². The molecule has 1 aliphatic heterocycles. The largest absolute Gasteiger partial charge is 0.444 e. The number of hydrogen-bond donors (Lipinski definition) is 1. The van der Waals surface area contributed by atoms with Gasteiger partial charge in [0, 0.05) is 24.5 Å². The maximum absolute atomic E-state index is 5.60. The second-order valence-corrected chi connectivity index (χ2v) is 7.89. The van der Waals surface area contributed by atoms with Gasteiger partial charge < -0.3 is 14.5 Å². The monoisotopic (exact) mass is 374 g/mol. The molecule has 2 aromatic heterocycles. The van der Waals surface area contributed by atoms with E-state index in [1.807, 2.05) is 30.3 Å². The number of nitrogens with zero attached hydrogens (tertiary/aromatic N) is 3. The highest BCUT2D eigenvalue weighted by atomic mass is 32.2. The predicted octanol–water partition coefficient (Wildman–Crippen LogP) is 4.08. The highest BCUT2D eigenvalue weighted by molar-refractivity contribution is 8.00. The molecule has 1 saturated heterocycles. The molecule has 0 aliphatic carbocycles. The van der Waals surface area contributed by atoms with E-state index in [-0.39, 0.29) is 0 Å². The molecule has 0 spiro atoms. The minimum atomic E-state index is 0.298. The van der Waals surface area contributed by atoms with Gasteiger partial charge in [-0.25, -0.2) is 4.98 Å². The molecule has 6 nitrogen and oxygen atoms in total. The molecule has 3 heterocycles. The lowest BCUT2D eigenvalue weighted by Gasteiger charge is -2.08. The van der Waals surface area contributed by atoms with Crippen molar-refractivity contribution >= 4 is 28.2 Å². The van der Waals surface area contributed by atoms with Crippen LogP contribution >= 0.6 is 23.1 Å². The summed E-state index contributed by atoms with van der Waals surface area (Å²) in [6.45, 7) is 1.66. The summed E-state index contributed by atoms with van der Waals surface area (Å²) < 4.78 is 12.1. The molecule has 4 rings (SSSR count). The zero-order chi connectivity index (χ0) is 16.9. The molecule has 1 fully saturated rings. The van der Waals surface area contributed by atoms with Crippen LogP contribution in [0.3, 0.4) is 0 Å². The average molecular weight is 374 g/mol. The van der Waals surface area contributed by atoms with Crippen molar-refractivity contribution in [3.05, 3.63) is 42.3 Å². The third-order valence-corrected chi connectivity index (χ3v) is 5.88. The highest BCUT2D eigenvalue weighted by Gasteiger charge is 2.16. The fraction of sp³-hybridized carbons (Fsp3) is 0.353.